The van der Waals surface area contributed by atoms with Gasteiger partial charge < -0.3 is 9.47 Å². The molecule has 146 valence electrons. The second-order valence-electron chi connectivity index (χ2n) is 5.96. The van der Waals surface area contributed by atoms with Gasteiger partial charge in [-0.3, -0.25) is 5.32 Å². The number of anilines is 1. The molecule has 4 nitrogen and oxygen atoms in total. The Morgan fingerprint density at radius 2 is 1.85 bits per heavy atom. The van der Waals surface area contributed by atoms with Crippen LogP contribution in [0.4, 0.5) is 23.7 Å². The van der Waals surface area contributed by atoms with Crippen LogP contribution in [0.5, 0.6) is 5.75 Å². The summed E-state index contributed by atoms with van der Waals surface area (Å²) in [4.78, 5) is 11.6. The molecule has 0 bridgehead atoms. The first-order chi connectivity index (χ1) is 12.7. The third kappa shape index (κ3) is 5.64. The standard InChI is InChI=1S/C20H22F3NO3/c1-4-14-6-9-18(13(3)10-14)27-12-15-11-16(20(21,22)23)7-8-17(15)24-19(25)26-5-2/h6-11H,4-5,12H2,1-3H3,(H,24,25). The Bertz CT molecular complexity index is 804. The number of benzene rings is 2. The van der Waals surface area contributed by atoms with Crippen molar-refractivity contribution in [1.29, 1.82) is 0 Å². The molecular formula is C20H22F3NO3. The lowest BCUT2D eigenvalue weighted by Crippen LogP contribution is -2.16. The summed E-state index contributed by atoms with van der Waals surface area (Å²) in [6.07, 6.45) is -4.35. The number of aryl methyl sites for hydroxylation is 2. The first kappa shape index (κ1) is 20.6. The van der Waals surface area contributed by atoms with Gasteiger partial charge in [0.25, 0.3) is 0 Å². The predicted octanol–water partition coefficient (Wildman–Crippen LogP) is 5.72. The van der Waals surface area contributed by atoms with Gasteiger partial charge in [-0.25, -0.2) is 4.79 Å². The third-order valence-electron chi connectivity index (χ3n) is 3.98. The Morgan fingerprint density at radius 3 is 2.44 bits per heavy atom. The minimum Gasteiger partial charge on any atom is -0.489 e. The first-order valence-electron chi connectivity index (χ1n) is 8.60. The Labute approximate surface area is 156 Å². The summed E-state index contributed by atoms with van der Waals surface area (Å²) >= 11 is 0. The SMILES string of the molecule is CCOC(=O)Nc1ccc(C(F)(F)F)cc1COc1ccc(CC)cc1C. The van der Waals surface area contributed by atoms with E-state index in [-0.39, 0.29) is 24.5 Å². The highest BCUT2D eigenvalue weighted by atomic mass is 19.4. The van der Waals surface area contributed by atoms with Crippen molar-refractivity contribution >= 4 is 11.8 Å². The maximum atomic E-state index is 13.0. The van der Waals surface area contributed by atoms with Crippen LogP contribution in [0.3, 0.4) is 0 Å². The number of carbonyl (C=O) groups excluding carboxylic acids is 1. The van der Waals surface area contributed by atoms with Gasteiger partial charge in [-0.2, -0.15) is 13.2 Å². The topological polar surface area (TPSA) is 47.6 Å². The minimum atomic E-state index is -4.49. The molecule has 0 saturated heterocycles. The Kier molecular flexibility index (Phi) is 6.71. The highest BCUT2D eigenvalue weighted by Gasteiger charge is 2.31. The fraction of sp³-hybridized carbons (Fsp3) is 0.350. The molecule has 2 aromatic rings. The summed E-state index contributed by atoms with van der Waals surface area (Å²) in [5.74, 6) is 0.576. The highest BCUT2D eigenvalue weighted by Crippen LogP contribution is 2.32. The Hall–Kier alpha value is -2.70. The average molecular weight is 381 g/mol. The molecule has 0 heterocycles. The van der Waals surface area contributed by atoms with E-state index in [2.05, 4.69) is 5.32 Å². The van der Waals surface area contributed by atoms with Crippen molar-refractivity contribution in [3.63, 3.8) is 0 Å². The van der Waals surface area contributed by atoms with E-state index in [9.17, 15) is 18.0 Å². The zero-order valence-corrected chi connectivity index (χ0v) is 15.4. The van der Waals surface area contributed by atoms with E-state index in [1.807, 2.05) is 26.0 Å². The number of ether oxygens (including phenoxy) is 2. The van der Waals surface area contributed by atoms with Crippen molar-refractivity contribution in [1.82, 2.24) is 0 Å². The molecule has 0 radical (unpaired) electrons. The molecule has 0 unspecified atom stereocenters. The van der Waals surface area contributed by atoms with Crippen molar-refractivity contribution in [2.45, 2.75) is 40.0 Å². The number of carbonyl (C=O) groups is 1. The molecule has 0 aliphatic carbocycles. The molecule has 2 rings (SSSR count). The molecule has 0 aromatic heterocycles. The predicted molar refractivity (Wildman–Crippen MR) is 97.0 cm³/mol. The van der Waals surface area contributed by atoms with Crippen LogP contribution >= 0.6 is 0 Å². The number of nitrogens with one attached hydrogen (secondary N) is 1. The molecule has 2 aromatic carbocycles. The average Bonchev–Trinajstić information content (AvgIpc) is 2.60. The summed E-state index contributed by atoms with van der Waals surface area (Å²) < 4.78 is 49.6. The van der Waals surface area contributed by atoms with Crippen LogP contribution in [-0.2, 0) is 23.9 Å². The van der Waals surface area contributed by atoms with E-state index < -0.39 is 17.8 Å². The molecule has 27 heavy (non-hydrogen) atoms. The number of hydrogen-bond acceptors (Lipinski definition) is 3. The van der Waals surface area contributed by atoms with Gasteiger partial charge in [0.1, 0.15) is 12.4 Å². The normalized spacial score (nSPS) is 11.2. The van der Waals surface area contributed by atoms with E-state index in [4.69, 9.17) is 9.47 Å². The van der Waals surface area contributed by atoms with E-state index >= 15 is 0 Å². The van der Waals surface area contributed by atoms with Gasteiger partial charge in [0, 0.05) is 5.56 Å². The first-order valence-corrected chi connectivity index (χ1v) is 8.60. The van der Waals surface area contributed by atoms with Gasteiger partial charge in [-0.15, -0.1) is 0 Å². The van der Waals surface area contributed by atoms with Gasteiger partial charge in [-0.05, 0) is 55.7 Å². The molecule has 0 atom stereocenters. The quantitative estimate of drug-likeness (QED) is 0.696. The molecule has 0 spiro atoms. The van der Waals surface area contributed by atoms with Crippen LogP contribution < -0.4 is 10.1 Å². The summed E-state index contributed by atoms with van der Waals surface area (Å²) in [5.41, 5.74) is 1.64. The summed E-state index contributed by atoms with van der Waals surface area (Å²) in [5, 5.41) is 2.45. The maximum Gasteiger partial charge on any atom is 0.416 e. The van der Waals surface area contributed by atoms with Crippen LogP contribution in [0.2, 0.25) is 0 Å². The van der Waals surface area contributed by atoms with Crippen LogP contribution in [0.25, 0.3) is 0 Å². The summed E-state index contributed by atoms with van der Waals surface area (Å²) in [7, 11) is 0. The molecule has 1 amide bonds. The molecule has 0 aliphatic rings. The van der Waals surface area contributed by atoms with Crippen molar-refractivity contribution in [2.75, 3.05) is 11.9 Å². The van der Waals surface area contributed by atoms with Crippen LogP contribution in [0.1, 0.15) is 36.1 Å². The fourth-order valence-corrected chi connectivity index (χ4v) is 2.54. The van der Waals surface area contributed by atoms with Gasteiger partial charge >= 0.3 is 12.3 Å². The molecule has 1 N–H and O–H groups in total. The molecule has 0 fully saturated rings. The van der Waals surface area contributed by atoms with E-state index in [0.29, 0.717) is 5.75 Å². The van der Waals surface area contributed by atoms with Gasteiger partial charge in [0.2, 0.25) is 0 Å². The van der Waals surface area contributed by atoms with Crippen LogP contribution in [0.15, 0.2) is 36.4 Å². The van der Waals surface area contributed by atoms with E-state index in [1.165, 1.54) is 6.07 Å². The van der Waals surface area contributed by atoms with Crippen LogP contribution in [0, 0.1) is 6.92 Å². The monoisotopic (exact) mass is 381 g/mol. The minimum absolute atomic E-state index is 0.127. The Balaban J connectivity index is 2.27. The zero-order valence-electron chi connectivity index (χ0n) is 15.4. The van der Waals surface area contributed by atoms with Gasteiger partial charge in [0.15, 0.2) is 0 Å². The fourth-order valence-electron chi connectivity index (χ4n) is 2.54. The summed E-state index contributed by atoms with van der Waals surface area (Å²) in [6.45, 7) is 5.57. The van der Waals surface area contributed by atoms with E-state index in [1.54, 1.807) is 13.0 Å². The van der Waals surface area contributed by atoms with Gasteiger partial charge in [-0.1, -0.05) is 19.1 Å². The highest BCUT2D eigenvalue weighted by molar-refractivity contribution is 5.85. The third-order valence-corrected chi connectivity index (χ3v) is 3.98. The lowest BCUT2D eigenvalue weighted by molar-refractivity contribution is -0.137. The van der Waals surface area contributed by atoms with Crippen molar-refractivity contribution in [3.8, 4) is 5.75 Å². The number of alkyl halides is 3. The second-order valence-corrected chi connectivity index (χ2v) is 5.96. The van der Waals surface area contributed by atoms with Crippen molar-refractivity contribution < 1.29 is 27.4 Å². The number of halogens is 3. The largest absolute Gasteiger partial charge is 0.489 e. The second kappa shape index (κ2) is 8.79. The van der Waals surface area contributed by atoms with Crippen molar-refractivity contribution in [3.05, 3.63) is 58.7 Å². The lowest BCUT2D eigenvalue weighted by Gasteiger charge is -2.16. The molecule has 0 aliphatic heterocycles. The number of rotatable bonds is 6. The molecule has 0 saturated carbocycles. The Morgan fingerprint density at radius 1 is 1.11 bits per heavy atom. The lowest BCUT2D eigenvalue weighted by atomic mass is 10.1. The molecule has 7 heteroatoms. The smallest absolute Gasteiger partial charge is 0.416 e. The molecular weight excluding hydrogens is 359 g/mol. The summed E-state index contributed by atoms with van der Waals surface area (Å²) in [6, 6.07) is 8.75. The number of amides is 1. The number of hydrogen-bond donors (Lipinski definition) is 1. The van der Waals surface area contributed by atoms with Gasteiger partial charge in [0.05, 0.1) is 17.9 Å². The van der Waals surface area contributed by atoms with E-state index in [0.717, 1.165) is 29.7 Å². The zero-order chi connectivity index (χ0) is 20.0. The van der Waals surface area contributed by atoms with Crippen molar-refractivity contribution in [2.24, 2.45) is 0 Å². The van der Waals surface area contributed by atoms with Crippen LogP contribution in [-0.4, -0.2) is 12.7 Å². The maximum absolute atomic E-state index is 13.0.